The number of guanidine groups is 2. The first-order valence-electron chi connectivity index (χ1n) is 8.80. The fraction of sp³-hybridized carbons (Fsp3) is 0.556. The first-order chi connectivity index (χ1) is 11.9. The molecular weight excluding hydrogens is 314 g/mol. The molecule has 1 rings (SSSR count). The van der Waals surface area contributed by atoms with Gasteiger partial charge < -0.3 is 22.9 Å². The summed E-state index contributed by atoms with van der Waals surface area (Å²) in [5, 5.41) is 0. The Bertz CT molecular complexity index is 517. The molecular formula is C18H33N7. The monoisotopic (exact) mass is 347 g/mol. The van der Waals surface area contributed by atoms with Crippen molar-refractivity contribution in [3.8, 4) is 0 Å². The Balaban J connectivity index is 2.58. The molecule has 1 aromatic rings. The molecule has 0 spiro atoms. The molecule has 140 valence electrons. The van der Waals surface area contributed by atoms with Crippen molar-refractivity contribution in [3.05, 3.63) is 35.4 Å². The Labute approximate surface area is 151 Å². The Hall–Kier alpha value is -2.28. The summed E-state index contributed by atoms with van der Waals surface area (Å²) in [7, 11) is 0. The van der Waals surface area contributed by atoms with Crippen LogP contribution in [0.3, 0.4) is 0 Å². The highest BCUT2D eigenvalue weighted by Crippen LogP contribution is 2.16. The first kappa shape index (κ1) is 20.8. The molecule has 0 saturated heterocycles. The van der Waals surface area contributed by atoms with Crippen molar-refractivity contribution in [1.29, 1.82) is 0 Å². The summed E-state index contributed by atoms with van der Waals surface area (Å²) >= 11 is 0. The van der Waals surface area contributed by atoms with Gasteiger partial charge in [0.05, 0.1) is 0 Å². The number of nitrogens with zero attached hydrogens (tertiary/aromatic N) is 3. The van der Waals surface area contributed by atoms with Crippen LogP contribution in [0.15, 0.2) is 34.3 Å². The number of nitrogens with two attached hydrogens (primary N) is 4. The second kappa shape index (κ2) is 11.3. The second-order valence-corrected chi connectivity index (χ2v) is 6.49. The van der Waals surface area contributed by atoms with Crippen LogP contribution in [0.4, 0.5) is 0 Å². The first-order valence-corrected chi connectivity index (χ1v) is 8.80. The summed E-state index contributed by atoms with van der Waals surface area (Å²) in [4.78, 5) is 10.5. The molecule has 0 fully saturated rings. The molecule has 0 unspecified atom stereocenters. The number of aliphatic imine (C=N–C) groups is 2. The SMILES string of the molecule is CC(C)c1ccc(CN(CCCN=C(N)N)CCCN=C(N)N)cc1. The summed E-state index contributed by atoms with van der Waals surface area (Å²) in [5.74, 6) is 0.830. The largest absolute Gasteiger partial charge is 0.370 e. The maximum absolute atomic E-state index is 5.37. The lowest BCUT2D eigenvalue weighted by molar-refractivity contribution is 0.262. The van der Waals surface area contributed by atoms with Crippen LogP contribution in [0.25, 0.3) is 0 Å². The summed E-state index contributed by atoms with van der Waals surface area (Å²) in [5.41, 5.74) is 24.2. The summed E-state index contributed by atoms with van der Waals surface area (Å²) in [6.07, 6.45) is 1.81. The van der Waals surface area contributed by atoms with E-state index in [1.807, 2.05) is 0 Å². The van der Waals surface area contributed by atoms with Crippen LogP contribution in [-0.2, 0) is 6.54 Å². The number of benzene rings is 1. The van der Waals surface area contributed by atoms with Crippen LogP contribution in [0.5, 0.6) is 0 Å². The average molecular weight is 348 g/mol. The molecule has 0 amide bonds. The van der Waals surface area contributed by atoms with Gasteiger partial charge in [0, 0.05) is 32.7 Å². The van der Waals surface area contributed by atoms with Crippen LogP contribution in [0.1, 0.15) is 43.7 Å². The third-order valence-electron chi connectivity index (χ3n) is 3.91. The van der Waals surface area contributed by atoms with E-state index in [9.17, 15) is 0 Å². The second-order valence-electron chi connectivity index (χ2n) is 6.49. The maximum atomic E-state index is 5.37. The molecule has 0 heterocycles. The lowest BCUT2D eigenvalue weighted by Crippen LogP contribution is -2.28. The van der Waals surface area contributed by atoms with Gasteiger partial charge in [-0.15, -0.1) is 0 Å². The van der Waals surface area contributed by atoms with Gasteiger partial charge in [0.1, 0.15) is 0 Å². The van der Waals surface area contributed by atoms with Gasteiger partial charge in [0.15, 0.2) is 11.9 Å². The normalized spacial score (nSPS) is 10.9. The highest BCUT2D eigenvalue weighted by Gasteiger charge is 2.07. The van der Waals surface area contributed by atoms with Gasteiger partial charge in [0.25, 0.3) is 0 Å². The Morgan fingerprint density at radius 1 is 0.880 bits per heavy atom. The average Bonchev–Trinajstić information content (AvgIpc) is 2.55. The minimum absolute atomic E-state index is 0.142. The minimum atomic E-state index is 0.142. The van der Waals surface area contributed by atoms with Gasteiger partial charge in [-0.3, -0.25) is 14.9 Å². The van der Waals surface area contributed by atoms with Crippen LogP contribution >= 0.6 is 0 Å². The fourth-order valence-electron chi connectivity index (χ4n) is 2.54. The molecule has 8 N–H and O–H groups in total. The molecule has 25 heavy (non-hydrogen) atoms. The van der Waals surface area contributed by atoms with E-state index in [4.69, 9.17) is 22.9 Å². The quantitative estimate of drug-likeness (QED) is 0.269. The van der Waals surface area contributed by atoms with Crippen LogP contribution < -0.4 is 22.9 Å². The smallest absolute Gasteiger partial charge is 0.185 e. The Kier molecular flexibility index (Phi) is 9.39. The minimum Gasteiger partial charge on any atom is -0.370 e. The predicted octanol–water partition coefficient (Wildman–Crippen LogP) is 0.939. The summed E-state index contributed by atoms with van der Waals surface area (Å²) in [6.45, 7) is 8.42. The molecule has 0 bridgehead atoms. The third-order valence-corrected chi connectivity index (χ3v) is 3.91. The molecule has 0 aliphatic heterocycles. The van der Waals surface area contributed by atoms with E-state index in [-0.39, 0.29) is 11.9 Å². The molecule has 0 aromatic heterocycles. The van der Waals surface area contributed by atoms with E-state index < -0.39 is 0 Å². The maximum Gasteiger partial charge on any atom is 0.185 e. The Morgan fingerprint density at radius 3 is 1.76 bits per heavy atom. The lowest BCUT2D eigenvalue weighted by Gasteiger charge is -2.22. The van der Waals surface area contributed by atoms with E-state index in [0.717, 1.165) is 32.5 Å². The van der Waals surface area contributed by atoms with Gasteiger partial charge in [-0.1, -0.05) is 38.1 Å². The third kappa shape index (κ3) is 9.56. The van der Waals surface area contributed by atoms with Crippen molar-refractivity contribution in [3.63, 3.8) is 0 Å². The number of rotatable bonds is 11. The zero-order valence-corrected chi connectivity index (χ0v) is 15.5. The molecule has 0 aliphatic rings. The van der Waals surface area contributed by atoms with Crippen molar-refractivity contribution in [1.82, 2.24) is 4.90 Å². The number of hydrogen-bond donors (Lipinski definition) is 4. The highest BCUT2D eigenvalue weighted by atomic mass is 15.1. The van der Waals surface area contributed by atoms with E-state index in [1.165, 1.54) is 11.1 Å². The molecule has 0 saturated carbocycles. The van der Waals surface area contributed by atoms with Crippen molar-refractivity contribution in [2.75, 3.05) is 26.2 Å². The van der Waals surface area contributed by atoms with Crippen LogP contribution in [0.2, 0.25) is 0 Å². The standard InChI is InChI=1S/C18H33N7/c1-14(2)16-7-5-15(6-8-16)13-25(11-3-9-23-17(19)20)12-4-10-24-18(21)22/h5-8,14H,3-4,9-13H2,1-2H3,(H4,19,20,23)(H4,21,22,24). The Morgan fingerprint density at radius 2 is 1.36 bits per heavy atom. The van der Waals surface area contributed by atoms with E-state index in [1.54, 1.807) is 0 Å². The van der Waals surface area contributed by atoms with Gasteiger partial charge in [0.2, 0.25) is 0 Å². The molecule has 0 aliphatic carbocycles. The zero-order chi connectivity index (χ0) is 18.7. The molecule has 7 heteroatoms. The van der Waals surface area contributed by atoms with Gasteiger partial charge in [-0.2, -0.15) is 0 Å². The van der Waals surface area contributed by atoms with Crippen molar-refractivity contribution < 1.29 is 0 Å². The lowest BCUT2D eigenvalue weighted by atomic mass is 10.0. The van der Waals surface area contributed by atoms with Gasteiger partial charge in [-0.25, -0.2) is 0 Å². The van der Waals surface area contributed by atoms with Crippen molar-refractivity contribution in [2.24, 2.45) is 32.9 Å². The van der Waals surface area contributed by atoms with E-state index in [2.05, 4.69) is 53.0 Å². The van der Waals surface area contributed by atoms with Gasteiger partial charge in [-0.05, 0) is 29.9 Å². The van der Waals surface area contributed by atoms with E-state index >= 15 is 0 Å². The fourth-order valence-corrected chi connectivity index (χ4v) is 2.54. The summed E-state index contributed by atoms with van der Waals surface area (Å²) in [6, 6.07) is 8.82. The molecule has 0 radical (unpaired) electrons. The van der Waals surface area contributed by atoms with Gasteiger partial charge >= 0.3 is 0 Å². The molecule has 0 atom stereocenters. The van der Waals surface area contributed by atoms with E-state index in [0.29, 0.717) is 19.0 Å². The molecule has 7 nitrogen and oxygen atoms in total. The topological polar surface area (TPSA) is 132 Å². The van der Waals surface area contributed by atoms with Crippen molar-refractivity contribution >= 4 is 11.9 Å². The highest BCUT2D eigenvalue weighted by molar-refractivity contribution is 5.75. The number of hydrogen-bond acceptors (Lipinski definition) is 3. The molecule has 1 aromatic carbocycles. The van der Waals surface area contributed by atoms with Crippen molar-refractivity contribution in [2.45, 2.75) is 39.2 Å². The zero-order valence-electron chi connectivity index (χ0n) is 15.5. The van der Waals surface area contributed by atoms with Crippen LogP contribution in [-0.4, -0.2) is 43.0 Å². The summed E-state index contributed by atoms with van der Waals surface area (Å²) < 4.78 is 0. The predicted molar refractivity (Wildman–Crippen MR) is 106 cm³/mol. The van der Waals surface area contributed by atoms with Crippen LogP contribution in [0, 0.1) is 0 Å².